The Labute approximate surface area is 166 Å². The second-order valence-corrected chi connectivity index (χ2v) is 9.41. The fourth-order valence-electron chi connectivity index (χ4n) is 3.29. The first kappa shape index (κ1) is 18.7. The Kier molecular flexibility index (Phi) is 4.74. The number of hydrogen-bond acceptors (Lipinski definition) is 6. The van der Waals surface area contributed by atoms with Crippen LogP contribution in [0.1, 0.15) is 18.2 Å². The molecule has 9 heteroatoms. The molecule has 0 radical (unpaired) electrons. The molecule has 1 aromatic carbocycles. The molecule has 2 aromatic heterocycles. The van der Waals surface area contributed by atoms with Crippen molar-refractivity contribution in [2.24, 2.45) is 0 Å². The van der Waals surface area contributed by atoms with Gasteiger partial charge in [0.25, 0.3) is 0 Å². The molecule has 0 amide bonds. The largest absolute Gasteiger partial charge is 0.480 e. The van der Waals surface area contributed by atoms with Gasteiger partial charge in [0.2, 0.25) is 10.0 Å². The number of nitrogens with zero attached hydrogens (tertiary/aromatic N) is 3. The molecule has 3 heterocycles. The highest BCUT2D eigenvalue weighted by atomic mass is 32.2. The number of thiophene rings is 1. The molecule has 144 valence electrons. The highest BCUT2D eigenvalue weighted by Gasteiger charge is 2.42. The third kappa shape index (κ3) is 3.11. The molecule has 0 saturated carbocycles. The van der Waals surface area contributed by atoms with Gasteiger partial charge in [-0.3, -0.25) is 4.79 Å². The number of carboxylic acid groups (broad SMARTS) is 1. The van der Waals surface area contributed by atoms with Crippen molar-refractivity contribution in [3.63, 3.8) is 0 Å². The summed E-state index contributed by atoms with van der Waals surface area (Å²) in [6, 6.07) is 8.35. The van der Waals surface area contributed by atoms with Gasteiger partial charge in [-0.15, -0.1) is 11.3 Å². The van der Waals surface area contributed by atoms with Crippen molar-refractivity contribution in [1.82, 2.24) is 14.3 Å². The van der Waals surface area contributed by atoms with Crippen LogP contribution in [-0.2, 0) is 21.4 Å². The highest BCUT2D eigenvalue weighted by molar-refractivity contribution is 7.89. The smallest absolute Gasteiger partial charge is 0.322 e. The lowest BCUT2D eigenvalue weighted by atomic mass is 10.1. The van der Waals surface area contributed by atoms with Crippen molar-refractivity contribution in [3.05, 3.63) is 53.9 Å². The predicted molar refractivity (Wildman–Crippen MR) is 105 cm³/mol. The van der Waals surface area contributed by atoms with Crippen molar-refractivity contribution in [3.8, 4) is 21.6 Å². The Balaban J connectivity index is 1.64. The zero-order chi connectivity index (χ0) is 19.9. The third-order valence-electron chi connectivity index (χ3n) is 4.74. The second kappa shape index (κ2) is 7.08. The molecule has 0 saturated heterocycles. The van der Waals surface area contributed by atoms with E-state index < -0.39 is 22.0 Å². The van der Waals surface area contributed by atoms with Crippen molar-refractivity contribution >= 4 is 27.3 Å². The fourth-order valence-corrected chi connectivity index (χ4v) is 6.69. The monoisotopic (exact) mass is 415 g/mol. The molecule has 0 bridgehead atoms. The molecule has 1 N–H and O–H groups in total. The minimum absolute atomic E-state index is 0.104. The number of carbonyl (C=O) groups is 1. The summed E-state index contributed by atoms with van der Waals surface area (Å²) >= 11 is 1.38. The van der Waals surface area contributed by atoms with Crippen molar-refractivity contribution in [2.45, 2.75) is 30.8 Å². The van der Waals surface area contributed by atoms with Crippen molar-refractivity contribution in [2.75, 3.05) is 0 Å². The van der Waals surface area contributed by atoms with Crippen LogP contribution in [0.4, 0.5) is 0 Å². The van der Waals surface area contributed by atoms with E-state index in [-0.39, 0.29) is 17.9 Å². The second-order valence-electron chi connectivity index (χ2n) is 6.42. The number of fused-ring (bicyclic) bond motifs is 1. The van der Waals surface area contributed by atoms with Crippen molar-refractivity contribution < 1.29 is 18.3 Å². The minimum atomic E-state index is -3.79. The third-order valence-corrected chi connectivity index (χ3v) is 7.96. The maximum Gasteiger partial charge on any atom is 0.322 e. The van der Waals surface area contributed by atoms with E-state index in [9.17, 15) is 18.3 Å². The summed E-state index contributed by atoms with van der Waals surface area (Å²) in [5.74, 6) is -1.12. The summed E-state index contributed by atoms with van der Waals surface area (Å²) in [6.45, 7) is 1.78. The first-order chi connectivity index (χ1) is 13.4. The summed E-state index contributed by atoms with van der Waals surface area (Å²) < 4.78 is 26.7. The standard InChI is InChI=1S/C19H17N3O4S2/c1-2-15(19(23)24)22-10-17-18(28(22,25)26)7-16(27-17)13-5-3-12(4-6-13)14-8-20-11-21-9-14/h3-9,11,15H,2,10H2,1H3,(H,23,24). The Bertz CT molecular complexity index is 1130. The van der Waals surface area contributed by atoms with Crippen LogP contribution in [0.15, 0.2) is 53.9 Å². The predicted octanol–water partition coefficient (Wildman–Crippen LogP) is 3.24. The molecular formula is C19H17N3O4S2. The quantitative estimate of drug-likeness (QED) is 0.687. The van der Waals surface area contributed by atoms with Crippen molar-refractivity contribution in [1.29, 1.82) is 0 Å². The van der Waals surface area contributed by atoms with E-state index in [1.54, 1.807) is 25.4 Å². The first-order valence-electron chi connectivity index (χ1n) is 8.65. The number of aliphatic carboxylic acids is 1. The molecule has 0 spiro atoms. The number of carboxylic acids is 1. The lowest BCUT2D eigenvalue weighted by molar-refractivity contribution is -0.141. The number of rotatable bonds is 5. The summed E-state index contributed by atoms with van der Waals surface area (Å²) in [5, 5.41) is 9.32. The van der Waals surface area contributed by atoms with Crippen LogP contribution < -0.4 is 0 Å². The fraction of sp³-hybridized carbons (Fsp3) is 0.211. The van der Waals surface area contributed by atoms with E-state index in [1.807, 2.05) is 24.3 Å². The summed E-state index contributed by atoms with van der Waals surface area (Å²) in [5.41, 5.74) is 2.78. The first-order valence-corrected chi connectivity index (χ1v) is 10.9. The Morgan fingerprint density at radius 2 is 1.82 bits per heavy atom. The van der Waals surface area contributed by atoms with Gasteiger partial charge in [0, 0.05) is 27.7 Å². The Hall–Kier alpha value is -2.62. The van der Waals surface area contributed by atoms with Crippen LogP contribution in [0, 0.1) is 0 Å². The lowest BCUT2D eigenvalue weighted by Crippen LogP contribution is -2.40. The van der Waals surface area contributed by atoms with Gasteiger partial charge in [-0.2, -0.15) is 4.31 Å². The van der Waals surface area contributed by atoms with Gasteiger partial charge in [0.05, 0.1) is 11.4 Å². The summed E-state index contributed by atoms with van der Waals surface area (Å²) in [6.07, 6.45) is 5.16. The maximum absolute atomic E-state index is 12.8. The van der Waals surface area contributed by atoms with Crippen LogP contribution in [-0.4, -0.2) is 39.8 Å². The van der Waals surface area contributed by atoms with Gasteiger partial charge in [-0.05, 0) is 23.6 Å². The van der Waals surface area contributed by atoms with E-state index in [1.165, 1.54) is 17.7 Å². The van der Waals surface area contributed by atoms with Crippen LogP contribution in [0.5, 0.6) is 0 Å². The van der Waals surface area contributed by atoms with E-state index in [2.05, 4.69) is 9.97 Å². The average Bonchev–Trinajstić information content (AvgIpc) is 3.22. The number of hydrogen-bond donors (Lipinski definition) is 1. The summed E-state index contributed by atoms with van der Waals surface area (Å²) in [4.78, 5) is 21.2. The van der Waals surface area contributed by atoms with Gasteiger partial charge >= 0.3 is 5.97 Å². The van der Waals surface area contributed by atoms with Crippen LogP contribution >= 0.6 is 11.3 Å². The topological polar surface area (TPSA) is 100 Å². The normalized spacial score (nSPS) is 16.6. The zero-order valence-corrected chi connectivity index (χ0v) is 16.6. The highest BCUT2D eigenvalue weighted by Crippen LogP contribution is 2.42. The molecule has 0 fully saturated rings. The average molecular weight is 415 g/mol. The molecule has 0 aliphatic carbocycles. The summed E-state index contributed by atoms with van der Waals surface area (Å²) in [7, 11) is -3.79. The number of benzene rings is 1. The molecule has 7 nitrogen and oxygen atoms in total. The SMILES string of the molecule is CCC(C(=O)O)N1Cc2sc(-c3ccc(-c4cncnc4)cc3)cc2S1(=O)=O. The molecule has 3 aromatic rings. The van der Waals surface area contributed by atoms with Crippen LogP contribution in [0.2, 0.25) is 0 Å². The molecule has 1 unspecified atom stereocenters. The van der Waals surface area contributed by atoms with Gasteiger partial charge in [-0.25, -0.2) is 18.4 Å². The van der Waals surface area contributed by atoms with Gasteiger partial charge in [0.1, 0.15) is 12.4 Å². The Morgan fingerprint density at radius 3 is 2.39 bits per heavy atom. The van der Waals surface area contributed by atoms with E-state index in [0.717, 1.165) is 25.9 Å². The van der Waals surface area contributed by atoms with Gasteiger partial charge < -0.3 is 5.11 Å². The Morgan fingerprint density at radius 1 is 1.18 bits per heavy atom. The number of sulfonamides is 1. The molecule has 1 atom stereocenters. The molecular weight excluding hydrogens is 398 g/mol. The molecule has 28 heavy (non-hydrogen) atoms. The maximum atomic E-state index is 12.8. The minimum Gasteiger partial charge on any atom is -0.480 e. The van der Waals surface area contributed by atoms with E-state index >= 15 is 0 Å². The number of aromatic nitrogens is 2. The molecule has 1 aliphatic rings. The van der Waals surface area contributed by atoms with E-state index in [4.69, 9.17) is 0 Å². The molecule has 4 rings (SSSR count). The van der Waals surface area contributed by atoms with Crippen LogP contribution in [0.25, 0.3) is 21.6 Å². The molecule has 1 aliphatic heterocycles. The van der Waals surface area contributed by atoms with Gasteiger partial charge in [-0.1, -0.05) is 31.2 Å². The van der Waals surface area contributed by atoms with Gasteiger partial charge in [0.15, 0.2) is 0 Å². The van der Waals surface area contributed by atoms with Crippen LogP contribution in [0.3, 0.4) is 0 Å². The van der Waals surface area contributed by atoms with E-state index in [0.29, 0.717) is 4.88 Å². The zero-order valence-electron chi connectivity index (χ0n) is 14.9. The lowest BCUT2D eigenvalue weighted by Gasteiger charge is -2.21.